The Morgan fingerprint density at radius 3 is 2.56 bits per heavy atom. The summed E-state index contributed by atoms with van der Waals surface area (Å²) >= 11 is 13.4. The average Bonchev–Trinajstić information content (AvgIpc) is 3.88. The van der Waals surface area contributed by atoms with Gasteiger partial charge in [0.2, 0.25) is 16.6 Å². The third-order valence-electron chi connectivity index (χ3n) is 8.44. The van der Waals surface area contributed by atoms with Gasteiger partial charge in [-0.1, -0.05) is 49.0 Å². The SMILES string of the molecule is C#CCN1C(=O)COc2cc(F)c(N=c3snc4n3CC(C)(C)C4)cc21.COc1cc(OC)n2nc(S(=O)(=O)Nc3c(Cl)ccc(C)c3Cl)nc2n1.O=C(O)CNCP(=O)(O)O. The van der Waals surface area contributed by atoms with Crippen LogP contribution in [0.25, 0.3) is 5.78 Å². The Bertz CT molecular complexity index is 2810. The standard InChI is InChI=1S/C18H17FN4O2S.C14H13Cl2N5O4S.C3H8NO5P/c1-4-5-22-13-7-12(11(19)6-14(13)25-9-16(22)24)20-17-23-10-18(2,3)8-15(23)21-26-17;1-7-4-5-8(15)12(11(7)16)20-26(22,23)14-18-13-17-9(24-2)6-10(25-3)21(13)19-14;5-3(6)1-4-2-10(7,8)9/h1,6-7H,5,8-10H2,2-3H3;4-6,20H,1-3H3;4H,1-2H2,(H,5,6)(H2,7,8,9). The fraction of sp³-hybridized carbons (Fsp3) is 0.343. The highest BCUT2D eigenvalue weighted by Gasteiger charge is 2.32. The van der Waals surface area contributed by atoms with Crippen LogP contribution in [-0.2, 0) is 37.1 Å². The molecule has 0 spiro atoms. The Labute approximate surface area is 366 Å². The maximum Gasteiger partial charge on any atom is 0.339 e. The topological polar surface area (TPSA) is 274 Å². The number of aromatic nitrogens is 6. The molecular weight excluding hydrogens is 921 g/mol. The summed E-state index contributed by atoms with van der Waals surface area (Å²) in [6, 6.07) is 7.41. The molecule has 7 rings (SSSR count). The van der Waals surface area contributed by atoms with Gasteiger partial charge in [0, 0.05) is 30.6 Å². The summed E-state index contributed by atoms with van der Waals surface area (Å²) in [6.07, 6.45) is 5.62. The normalized spacial score (nSPS) is 14.4. The van der Waals surface area contributed by atoms with E-state index in [4.69, 9.17) is 58.7 Å². The lowest BCUT2D eigenvalue weighted by atomic mass is 9.92. The Morgan fingerprint density at radius 1 is 1.19 bits per heavy atom. The molecule has 0 saturated heterocycles. The number of carboxylic acid groups (broad SMARTS) is 1. The molecular formula is C35H38Cl2FN10O11PS2. The van der Waals surface area contributed by atoms with Crippen molar-refractivity contribution in [2.45, 2.75) is 38.9 Å². The highest BCUT2D eigenvalue weighted by atomic mass is 35.5. The van der Waals surface area contributed by atoms with Crippen molar-refractivity contribution in [3.63, 3.8) is 0 Å². The number of methoxy groups -OCH3 is 2. The van der Waals surface area contributed by atoms with Crippen LogP contribution in [0.5, 0.6) is 17.5 Å². The minimum absolute atomic E-state index is 0.0111. The maximum atomic E-state index is 14.5. The van der Waals surface area contributed by atoms with Crippen molar-refractivity contribution in [2.24, 2.45) is 10.4 Å². The number of benzene rings is 2. The molecule has 5 N–H and O–H groups in total. The van der Waals surface area contributed by atoms with E-state index in [0.29, 0.717) is 21.8 Å². The molecule has 2 aromatic carbocycles. The van der Waals surface area contributed by atoms with Gasteiger partial charge in [0.05, 0.1) is 61.1 Å². The van der Waals surface area contributed by atoms with E-state index in [0.717, 1.165) is 23.3 Å². The monoisotopic (exact) mass is 958 g/mol. The summed E-state index contributed by atoms with van der Waals surface area (Å²) < 4.78 is 75.3. The van der Waals surface area contributed by atoms with Crippen LogP contribution >= 0.6 is 42.3 Å². The van der Waals surface area contributed by atoms with Crippen molar-refractivity contribution in [1.29, 1.82) is 0 Å². The van der Waals surface area contributed by atoms with E-state index in [2.05, 4.69) is 54.2 Å². The molecule has 5 aromatic rings. The second kappa shape index (κ2) is 19.3. The number of sulfonamides is 1. The minimum Gasteiger partial charge on any atom is -0.481 e. The summed E-state index contributed by atoms with van der Waals surface area (Å²) in [4.78, 5) is 52.7. The number of fused-ring (bicyclic) bond motifs is 3. The Morgan fingerprint density at radius 2 is 1.92 bits per heavy atom. The number of nitrogens with one attached hydrogen (secondary N) is 2. The molecule has 0 unspecified atom stereocenters. The van der Waals surface area contributed by atoms with E-state index in [1.54, 1.807) is 13.0 Å². The van der Waals surface area contributed by atoms with Gasteiger partial charge in [-0.3, -0.25) is 29.1 Å². The van der Waals surface area contributed by atoms with E-state index in [-0.39, 0.29) is 63.4 Å². The average molecular weight is 960 g/mol. The van der Waals surface area contributed by atoms with Crippen molar-refractivity contribution >= 4 is 87.1 Å². The van der Waals surface area contributed by atoms with E-state index in [1.807, 2.05) is 4.57 Å². The van der Waals surface area contributed by atoms with Gasteiger partial charge < -0.3 is 33.7 Å². The second-order valence-corrected chi connectivity index (χ2v) is 18.7. The quantitative estimate of drug-likeness (QED) is 0.0934. The van der Waals surface area contributed by atoms with E-state index in [9.17, 15) is 27.0 Å². The predicted octanol–water partition coefficient (Wildman–Crippen LogP) is 3.61. The number of aryl methyl sites for hydroxylation is 1. The Hall–Kier alpha value is -5.38. The number of terminal acetylenes is 1. The molecule has 2 aliphatic heterocycles. The van der Waals surface area contributed by atoms with Crippen molar-refractivity contribution in [3.05, 3.63) is 62.4 Å². The number of anilines is 2. The highest BCUT2D eigenvalue weighted by Crippen LogP contribution is 2.38. The molecule has 62 heavy (non-hydrogen) atoms. The van der Waals surface area contributed by atoms with Gasteiger partial charge in [0.15, 0.2) is 12.4 Å². The summed E-state index contributed by atoms with van der Waals surface area (Å²) in [5.74, 6) is 2.16. The number of carbonyl (C=O) groups excluding carboxylic acids is 1. The molecule has 21 nitrogen and oxygen atoms in total. The first-order valence-electron chi connectivity index (χ1n) is 17.7. The molecule has 2 aliphatic rings. The number of carbonyl (C=O) groups is 2. The van der Waals surface area contributed by atoms with Gasteiger partial charge in [-0.2, -0.15) is 27.3 Å². The lowest BCUT2D eigenvalue weighted by Crippen LogP contribution is -2.39. The van der Waals surface area contributed by atoms with Crippen molar-refractivity contribution in [2.75, 3.05) is 49.8 Å². The molecule has 0 bridgehead atoms. The number of nitrogens with zero attached hydrogens (tertiary/aromatic N) is 8. The number of carboxylic acids is 1. The zero-order chi connectivity index (χ0) is 45.7. The first-order chi connectivity index (χ1) is 29.1. The van der Waals surface area contributed by atoms with Crippen LogP contribution in [0.1, 0.15) is 25.2 Å². The summed E-state index contributed by atoms with van der Waals surface area (Å²) in [6.45, 7) is 6.34. The molecule has 0 atom stereocenters. The molecule has 1 amide bonds. The van der Waals surface area contributed by atoms with Crippen molar-refractivity contribution in [3.8, 4) is 29.9 Å². The van der Waals surface area contributed by atoms with Crippen LogP contribution in [0.2, 0.25) is 10.0 Å². The van der Waals surface area contributed by atoms with E-state index in [1.165, 1.54) is 54.9 Å². The van der Waals surface area contributed by atoms with Crippen molar-refractivity contribution < 1.29 is 56.1 Å². The van der Waals surface area contributed by atoms with Crippen LogP contribution in [0.15, 0.2) is 40.5 Å². The number of hydrogen-bond acceptors (Lipinski definition) is 15. The second-order valence-electron chi connectivity index (χ2n) is 13.9. The first kappa shape index (κ1) is 47.7. The van der Waals surface area contributed by atoms with Gasteiger partial charge >= 0.3 is 13.6 Å². The fourth-order valence-corrected chi connectivity index (χ4v) is 8.35. The Kier molecular flexibility index (Phi) is 14.9. The molecule has 27 heteroatoms. The largest absolute Gasteiger partial charge is 0.481 e. The summed E-state index contributed by atoms with van der Waals surface area (Å²) in [7, 11) is -5.47. The maximum absolute atomic E-state index is 14.5. The molecule has 0 aliphatic carbocycles. The van der Waals surface area contributed by atoms with Gasteiger partial charge in [-0.25, -0.2) is 9.38 Å². The van der Waals surface area contributed by atoms with Gasteiger partial charge in [0.1, 0.15) is 17.3 Å². The molecule has 0 radical (unpaired) electrons. The molecule has 332 valence electrons. The number of rotatable bonds is 11. The number of hydrogen-bond donors (Lipinski definition) is 5. The molecule has 3 aromatic heterocycles. The van der Waals surface area contributed by atoms with Crippen molar-refractivity contribution in [1.82, 2.24) is 33.8 Å². The zero-order valence-corrected chi connectivity index (χ0v) is 37.3. The van der Waals surface area contributed by atoms with E-state index >= 15 is 0 Å². The first-order valence-corrected chi connectivity index (χ1v) is 22.5. The van der Waals surface area contributed by atoms with Crippen LogP contribution in [0.3, 0.4) is 0 Å². The third-order valence-corrected chi connectivity index (χ3v) is 11.8. The minimum atomic E-state index is -4.18. The Balaban J connectivity index is 0.000000193. The molecule has 0 fully saturated rings. The molecule has 5 heterocycles. The number of amides is 1. The van der Waals surface area contributed by atoms with Crippen LogP contribution < -0.4 is 34.0 Å². The smallest absolute Gasteiger partial charge is 0.339 e. The third kappa shape index (κ3) is 11.5. The van der Waals surface area contributed by atoms with Gasteiger partial charge in [0.25, 0.3) is 26.9 Å². The molecule has 0 saturated carbocycles. The summed E-state index contributed by atoms with van der Waals surface area (Å²) in [5.41, 5.74) is 1.38. The number of aliphatic carboxylic acids is 1. The number of ether oxygens (including phenoxy) is 3. The van der Waals surface area contributed by atoms with Crippen LogP contribution in [0, 0.1) is 30.5 Å². The predicted molar refractivity (Wildman–Crippen MR) is 224 cm³/mol. The lowest BCUT2D eigenvalue weighted by molar-refractivity contribution is -0.135. The van der Waals surface area contributed by atoms with Crippen LogP contribution in [-0.4, -0.2) is 104 Å². The van der Waals surface area contributed by atoms with Gasteiger partial charge in [-0.15, -0.1) is 11.5 Å². The zero-order valence-electron chi connectivity index (χ0n) is 33.3. The summed E-state index contributed by atoms with van der Waals surface area (Å²) in [5, 5.41) is 13.8. The fourth-order valence-electron chi connectivity index (χ4n) is 5.65. The van der Waals surface area contributed by atoms with E-state index < -0.39 is 47.4 Å². The van der Waals surface area contributed by atoms with Gasteiger partial charge in [-0.05, 0) is 30.0 Å². The lowest BCUT2D eigenvalue weighted by Gasteiger charge is -2.28. The number of halogens is 3. The van der Waals surface area contributed by atoms with Crippen LogP contribution in [0.4, 0.5) is 21.5 Å². The highest BCUT2D eigenvalue weighted by molar-refractivity contribution is 7.92.